The zero-order chi connectivity index (χ0) is 16.2. The summed E-state index contributed by atoms with van der Waals surface area (Å²) in [7, 11) is 0. The highest BCUT2D eigenvalue weighted by Crippen LogP contribution is 2.17. The minimum Gasteiger partial charge on any atom is -0.334 e. The van der Waals surface area contributed by atoms with Crippen LogP contribution in [0.25, 0.3) is 0 Å². The molecule has 22 heavy (non-hydrogen) atoms. The molecule has 0 aliphatic carbocycles. The van der Waals surface area contributed by atoms with Crippen molar-refractivity contribution in [1.82, 2.24) is 25.3 Å². The SMILES string of the molecule is Cc1[nH]ncc1CNC(=O)N1CCCN(CC(F)(F)F)CC1. The van der Waals surface area contributed by atoms with Crippen molar-refractivity contribution in [1.29, 1.82) is 0 Å². The molecule has 2 heterocycles. The van der Waals surface area contributed by atoms with Gasteiger partial charge >= 0.3 is 12.2 Å². The van der Waals surface area contributed by atoms with Crippen LogP contribution in [0.3, 0.4) is 0 Å². The maximum Gasteiger partial charge on any atom is 0.401 e. The van der Waals surface area contributed by atoms with Gasteiger partial charge in [0.25, 0.3) is 0 Å². The van der Waals surface area contributed by atoms with E-state index in [1.807, 2.05) is 6.92 Å². The van der Waals surface area contributed by atoms with Gasteiger partial charge in [0.1, 0.15) is 0 Å². The molecule has 0 aromatic carbocycles. The third kappa shape index (κ3) is 4.90. The van der Waals surface area contributed by atoms with Crippen LogP contribution in [0.4, 0.5) is 18.0 Å². The van der Waals surface area contributed by atoms with E-state index < -0.39 is 12.7 Å². The second kappa shape index (κ2) is 6.99. The molecule has 6 nitrogen and oxygen atoms in total. The molecule has 0 radical (unpaired) electrons. The van der Waals surface area contributed by atoms with Gasteiger partial charge in [0, 0.05) is 44.0 Å². The summed E-state index contributed by atoms with van der Waals surface area (Å²) < 4.78 is 37.2. The maximum atomic E-state index is 12.4. The Bertz CT molecular complexity index is 502. The predicted octanol–water partition coefficient (Wildman–Crippen LogP) is 1.50. The maximum absolute atomic E-state index is 12.4. The topological polar surface area (TPSA) is 64.3 Å². The molecule has 0 atom stereocenters. The molecule has 1 fully saturated rings. The van der Waals surface area contributed by atoms with E-state index in [-0.39, 0.29) is 12.6 Å². The molecule has 9 heteroatoms. The first-order valence-electron chi connectivity index (χ1n) is 7.16. The number of hydrogen-bond acceptors (Lipinski definition) is 3. The third-order valence-electron chi connectivity index (χ3n) is 3.64. The number of aromatic amines is 1. The van der Waals surface area contributed by atoms with E-state index in [1.54, 1.807) is 11.1 Å². The number of aromatic nitrogens is 2. The van der Waals surface area contributed by atoms with Gasteiger partial charge in [-0.25, -0.2) is 4.79 Å². The number of halogens is 3. The molecular formula is C13H20F3N5O. The van der Waals surface area contributed by atoms with E-state index in [4.69, 9.17) is 0 Å². The highest BCUT2D eigenvalue weighted by Gasteiger charge is 2.31. The van der Waals surface area contributed by atoms with Gasteiger partial charge in [-0.3, -0.25) is 10.00 Å². The molecule has 1 aliphatic heterocycles. The summed E-state index contributed by atoms with van der Waals surface area (Å²) in [6.45, 7) is 2.63. The number of rotatable bonds is 3. The zero-order valence-corrected chi connectivity index (χ0v) is 12.4. The second-order valence-electron chi connectivity index (χ2n) is 5.41. The van der Waals surface area contributed by atoms with E-state index >= 15 is 0 Å². The van der Waals surface area contributed by atoms with E-state index in [1.165, 1.54) is 4.90 Å². The minimum atomic E-state index is -4.20. The lowest BCUT2D eigenvalue weighted by atomic mass is 10.3. The molecule has 1 aromatic rings. The van der Waals surface area contributed by atoms with Crippen molar-refractivity contribution in [2.24, 2.45) is 0 Å². The van der Waals surface area contributed by atoms with Gasteiger partial charge in [0.15, 0.2) is 0 Å². The molecule has 0 saturated carbocycles. The number of carbonyl (C=O) groups is 1. The molecular weight excluding hydrogens is 299 g/mol. The lowest BCUT2D eigenvalue weighted by Gasteiger charge is -2.23. The van der Waals surface area contributed by atoms with Gasteiger partial charge in [-0.1, -0.05) is 0 Å². The summed E-state index contributed by atoms with van der Waals surface area (Å²) in [6, 6.07) is -0.255. The number of nitrogens with one attached hydrogen (secondary N) is 2. The van der Waals surface area contributed by atoms with Crippen molar-refractivity contribution >= 4 is 6.03 Å². The molecule has 1 saturated heterocycles. The lowest BCUT2D eigenvalue weighted by Crippen LogP contribution is -2.42. The van der Waals surface area contributed by atoms with Crippen molar-refractivity contribution < 1.29 is 18.0 Å². The number of H-pyrrole nitrogens is 1. The summed E-state index contributed by atoms with van der Waals surface area (Å²) >= 11 is 0. The smallest absolute Gasteiger partial charge is 0.334 e. The largest absolute Gasteiger partial charge is 0.401 e. The Morgan fingerprint density at radius 3 is 2.77 bits per heavy atom. The molecule has 2 rings (SSSR count). The van der Waals surface area contributed by atoms with Crippen molar-refractivity contribution in [3.63, 3.8) is 0 Å². The standard InChI is InChI=1S/C13H20F3N5O/c1-10-11(8-18-19-10)7-17-12(22)21-4-2-3-20(5-6-21)9-13(14,15)16/h8H,2-7,9H2,1H3,(H,17,22)(H,18,19). The molecule has 2 N–H and O–H groups in total. The summed E-state index contributed by atoms with van der Waals surface area (Å²) in [6.07, 6.45) is -2.02. The number of nitrogens with zero attached hydrogens (tertiary/aromatic N) is 3. The Hall–Kier alpha value is -1.77. The molecule has 124 valence electrons. The van der Waals surface area contributed by atoms with Crippen LogP contribution in [0, 0.1) is 6.92 Å². The van der Waals surface area contributed by atoms with Gasteiger partial charge in [0.05, 0.1) is 12.7 Å². The highest BCUT2D eigenvalue weighted by molar-refractivity contribution is 5.74. The summed E-state index contributed by atoms with van der Waals surface area (Å²) in [5.74, 6) is 0. The van der Waals surface area contributed by atoms with Crippen molar-refractivity contribution in [2.75, 3.05) is 32.7 Å². The second-order valence-corrected chi connectivity index (χ2v) is 5.41. The van der Waals surface area contributed by atoms with Gasteiger partial charge in [-0.15, -0.1) is 0 Å². The fourth-order valence-electron chi connectivity index (χ4n) is 2.42. The van der Waals surface area contributed by atoms with Crippen LogP contribution in [0.1, 0.15) is 17.7 Å². The Labute approximate surface area is 126 Å². The summed E-state index contributed by atoms with van der Waals surface area (Å²) in [5.41, 5.74) is 1.77. The first-order valence-corrected chi connectivity index (χ1v) is 7.16. The molecule has 1 aromatic heterocycles. The van der Waals surface area contributed by atoms with E-state index in [0.29, 0.717) is 32.6 Å². The zero-order valence-electron chi connectivity index (χ0n) is 12.4. The fourth-order valence-corrected chi connectivity index (χ4v) is 2.42. The van der Waals surface area contributed by atoms with Crippen LogP contribution in [-0.2, 0) is 6.54 Å². The van der Waals surface area contributed by atoms with Crippen molar-refractivity contribution in [3.05, 3.63) is 17.5 Å². The summed E-state index contributed by atoms with van der Waals surface area (Å²) in [4.78, 5) is 15.0. The van der Waals surface area contributed by atoms with Gasteiger partial charge in [0.2, 0.25) is 0 Å². The molecule has 2 amide bonds. The van der Waals surface area contributed by atoms with Crippen molar-refractivity contribution in [3.8, 4) is 0 Å². The first-order chi connectivity index (χ1) is 10.3. The Morgan fingerprint density at radius 1 is 1.36 bits per heavy atom. The van der Waals surface area contributed by atoms with Gasteiger partial charge < -0.3 is 10.2 Å². The summed E-state index contributed by atoms with van der Waals surface area (Å²) in [5, 5.41) is 9.42. The fraction of sp³-hybridized carbons (Fsp3) is 0.692. The lowest BCUT2D eigenvalue weighted by molar-refractivity contribution is -0.145. The van der Waals surface area contributed by atoms with Gasteiger partial charge in [-0.2, -0.15) is 18.3 Å². The number of urea groups is 1. The van der Waals surface area contributed by atoms with E-state index in [2.05, 4.69) is 15.5 Å². The monoisotopic (exact) mass is 319 g/mol. The van der Waals surface area contributed by atoms with Crippen LogP contribution in [0.2, 0.25) is 0 Å². The van der Waals surface area contributed by atoms with Crippen LogP contribution < -0.4 is 5.32 Å². The Balaban J connectivity index is 1.80. The van der Waals surface area contributed by atoms with Crippen LogP contribution >= 0.6 is 0 Å². The Kier molecular flexibility index (Phi) is 5.28. The third-order valence-corrected chi connectivity index (χ3v) is 3.64. The number of alkyl halides is 3. The van der Waals surface area contributed by atoms with Crippen molar-refractivity contribution in [2.45, 2.75) is 26.1 Å². The molecule has 0 spiro atoms. The van der Waals surface area contributed by atoms with Crippen LogP contribution in [0.5, 0.6) is 0 Å². The number of carbonyl (C=O) groups excluding carboxylic acids is 1. The molecule has 1 aliphatic rings. The quantitative estimate of drug-likeness (QED) is 0.887. The normalized spacial score (nSPS) is 17.4. The van der Waals surface area contributed by atoms with Crippen LogP contribution in [-0.4, -0.2) is 64.9 Å². The van der Waals surface area contributed by atoms with E-state index in [0.717, 1.165) is 11.3 Å². The highest BCUT2D eigenvalue weighted by atomic mass is 19.4. The number of hydrogen-bond donors (Lipinski definition) is 2. The molecule has 0 unspecified atom stereocenters. The number of amides is 2. The molecule has 0 bridgehead atoms. The number of aryl methyl sites for hydroxylation is 1. The Morgan fingerprint density at radius 2 is 2.14 bits per heavy atom. The predicted molar refractivity (Wildman–Crippen MR) is 74.2 cm³/mol. The average Bonchev–Trinajstić information content (AvgIpc) is 2.69. The first kappa shape index (κ1) is 16.6. The van der Waals surface area contributed by atoms with Crippen LogP contribution in [0.15, 0.2) is 6.20 Å². The minimum absolute atomic E-state index is 0.234. The van der Waals surface area contributed by atoms with E-state index in [9.17, 15) is 18.0 Å². The average molecular weight is 319 g/mol. The van der Waals surface area contributed by atoms with Gasteiger partial charge in [-0.05, 0) is 13.3 Å².